The molecule has 0 bridgehead atoms. The molecule has 0 nitrogen and oxygen atoms in total. The number of hydrogen-bond acceptors (Lipinski definition) is 3. The third-order valence-corrected chi connectivity index (χ3v) is 6.07. The molecular weight excluding hydrogens is 180 g/mol. The molecule has 2 rings (SSSR count). The molecule has 0 aromatic rings. The molecule has 2 fully saturated rings. The molecule has 1 aliphatic carbocycles. The molecule has 0 radical (unpaired) electrons. The van der Waals surface area contributed by atoms with E-state index < -0.39 is 0 Å². The van der Waals surface area contributed by atoms with E-state index in [0.29, 0.717) is 0 Å². The molecule has 10 heavy (non-hydrogen) atoms. The van der Waals surface area contributed by atoms with Gasteiger partial charge < -0.3 is 0 Å². The van der Waals surface area contributed by atoms with Gasteiger partial charge in [0.15, 0.2) is 0 Å². The lowest BCUT2D eigenvalue weighted by Crippen LogP contribution is -2.20. The maximum Gasteiger partial charge on any atom is 0.0629 e. The van der Waals surface area contributed by atoms with Crippen LogP contribution in [0.4, 0.5) is 0 Å². The van der Waals surface area contributed by atoms with Gasteiger partial charge in [0.2, 0.25) is 0 Å². The normalized spacial score (nSPS) is 39.8. The van der Waals surface area contributed by atoms with Gasteiger partial charge >= 0.3 is 0 Å². The summed E-state index contributed by atoms with van der Waals surface area (Å²) >= 11 is 5.26. The van der Waals surface area contributed by atoms with E-state index in [0.717, 1.165) is 11.2 Å². The Balaban J connectivity index is 2.08. The van der Waals surface area contributed by atoms with Crippen LogP contribution in [0.3, 0.4) is 0 Å². The maximum atomic E-state index is 5.26. The van der Waals surface area contributed by atoms with E-state index in [1.807, 2.05) is 21.6 Å². The highest BCUT2D eigenvalue weighted by molar-refractivity contribution is 8.84. The monoisotopic (exact) mass is 190 g/mol. The highest BCUT2D eigenvalue weighted by atomic mass is 33.1. The van der Waals surface area contributed by atoms with Crippen molar-refractivity contribution in [1.82, 2.24) is 0 Å². The highest BCUT2D eigenvalue weighted by Gasteiger charge is 2.34. The Kier molecular flexibility index (Phi) is 2.26. The van der Waals surface area contributed by atoms with Crippen molar-refractivity contribution in [3.63, 3.8) is 0 Å². The van der Waals surface area contributed by atoms with Crippen LogP contribution in [-0.2, 0) is 0 Å². The van der Waals surface area contributed by atoms with E-state index in [1.165, 1.54) is 29.9 Å². The predicted octanol–water partition coefficient (Wildman–Crippen LogP) is 3.27. The molecule has 1 heterocycles. The van der Waals surface area contributed by atoms with Crippen molar-refractivity contribution in [2.45, 2.75) is 30.9 Å². The van der Waals surface area contributed by atoms with Crippen LogP contribution in [0, 0.1) is 5.92 Å². The average molecular weight is 190 g/mol. The third kappa shape index (κ3) is 1.23. The van der Waals surface area contributed by atoms with Crippen molar-refractivity contribution in [2.75, 3.05) is 0 Å². The maximum absolute atomic E-state index is 5.26. The summed E-state index contributed by atoms with van der Waals surface area (Å²) in [5, 5.41) is 0.881. The molecule has 1 saturated carbocycles. The Morgan fingerprint density at radius 2 is 2.10 bits per heavy atom. The molecule has 0 aromatic heterocycles. The van der Waals surface area contributed by atoms with E-state index in [9.17, 15) is 0 Å². The summed E-state index contributed by atoms with van der Waals surface area (Å²) in [5.74, 6) is 0.791. The van der Waals surface area contributed by atoms with E-state index in [-0.39, 0.29) is 0 Å². The summed E-state index contributed by atoms with van der Waals surface area (Å²) in [6.07, 6.45) is 5.60. The van der Waals surface area contributed by atoms with Gasteiger partial charge in [0.25, 0.3) is 0 Å². The Labute approximate surface area is 74.9 Å². The van der Waals surface area contributed by atoms with Crippen molar-refractivity contribution in [1.29, 1.82) is 0 Å². The molecule has 0 amide bonds. The molecule has 1 saturated heterocycles. The zero-order valence-electron chi connectivity index (χ0n) is 5.71. The van der Waals surface area contributed by atoms with Crippen molar-refractivity contribution in [3.8, 4) is 0 Å². The van der Waals surface area contributed by atoms with E-state index in [1.54, 1.807) is 0 Å². The van der Waals surface area contributed by atoms with Crippen LogP contribution in [0.2, 0.25) is 0 Å². The van der Waals surface area contributed by atoms with Gasteiger partial charge in [-0.05, 0) is 23.6 Å². The second-order valence-electron chi connectivity index (χ2n) is 2.93. The minimum atomic E-state index is 0.791. The first-order valence-corrected chi connectivity index (χ1v) is 6.37. The van der Waals surface area contributed by atoms with Gasteiger partial charge in [-0.2, -0.15) is 0 Å². The van der Waals surface area contributed by atoms with Gasteiger partial charge in [-0.15, -0.1) is 0 Å². The molecule has 56 valence electrons. The highest BCUT2D eigenvalue weighted by Crippen LogP contribution is 2.50. The van der Waals surface area contributed by atoms with E-state index >= 15 is 0 Å². The fourth-order valence-corrected chi connectivity index (χ4v) is 5.47. The number of thiocarbonyl (C=S) groups is 1. The summed E-state index contributed by atoms with van der Waals surface area (Å²) in [6.45, 7) is 0. The Morgan fingerprint density at radius 3 is 2.90 bits per heavy atom. The minimum absolute atomic E-state index is 0.791. The van der Waals surface area contributed by atoms with Crippen LogP contribution in [0.5, 0.6) is 0 Å². The lowest BCUT2D eigenvalue weighted by Gasteiger charge is -2.22. The third-order valence-electron chi connectivity index (χ3n) is 2.26. The molecule has 2 unspecified atom stereocenters. The van der Waals surface area contributed by atoms with Gasteiger partial charge in [0.1, 0.15) is 0 Å². The van der Waals surface area contributed by atoms with Gasteiger partial charge in [-0.3, -0.25) is 0 Å². The fraction of sp³-hybridized carbons (Fsp3) is 0.857. The van der Waals surface area contributed by atoms with Crippen LogP contribution < -0.4 is 0 Å². The quantitative estimate of drug-likeness (QED) is 0.425. The van der Waals surface area contributed by atoms with Crippen LogP contribution in [0.15, 0.2) is 0 Å². The Hall–Kier alpha value is 0.790. The molecule has 0 N–H and O–H groups in total. The molecule has 0 aromatic carbocycles. The molecule has 2 atom stereocenters. The van der Waals surface area contributed by atoms with Gasteiger partial charge in [0, 0.05) is 11.2 Å². The lowest BCUT2D eigenvalue weighted by molar-refractivity contribution is 0.462. The van der Waals surface area contributed by atoms with Gasteiger partial charge in [-0.25, -0.2) is 0 Å². The number of fused-ring (bicyclic) bond motifs is 1. The average Bonchev–Trinajstić information content (AvgIpc) is 2.34. The molecule has 3 heteroatoms. The Morgan fingerprint density at radius 1 is 1.30 bits per heavy atom. The van der Waals surface area contributed by atoms with Crippen molar-refractivity contribution >= 4 is 38.0 Å². The SMILES string of the molecule is S=C1SSC2CCCCC12. The van der Waals surface area contributed by atoms with Crippen molar-refractivity contribution in [2.24, 2.45) is 5.92 Å². The van der Waals surface area contributed by atoms with Gasteiger partial charge in [0.05, 0.1) is 4.20 Å². The number of rotatable bonds is 0. The summed E-state index contributed by atoms with van der Waals surface area (Å²) in [4.78, 5) is 0. The Bertz CT molecular complexity index is 155. The van der Waals surface area contributed by atoms with Crippen molar-refractivity contribution in [3.05, 3.63) is 0 Å². The largest absolute Gasteiger partial charge is 0.0843 e. The molecule has 0 spiro atoms. The minimum Gasteiger partial charge on any atom is -0.0843 e. The van der Waals surface area contributed by atoms with Crippen LogP contribution in [0.25, 0.3) is 0 Å². The van der Waals surface area contributed by atoms with Gasteiger partial charge in [-0.1, -0.05) is 35.9 Å². The predicted molar refractivity (Wildman–Crippen MR) is 53.5 cm³/mol. The number of hydrogen-bond donors (Lipinski definition) is 0. The standard InChI is InChI=1S/C7H10S3/c8-7-5-3-1-2-4-6(5)9-10-7/h5-6H,1-4H2. The first-order valence-electron chi connectivity index (χ1n) is 3.75. The summed E-state index contributed by atoms with van der Waals surface area (Å²) in [5.41, 5.74) is 0. The molecule has 2 aliphatic rings. The lowest BCUT2D eigenvalue weighted by atomic mass is 9.90. The fourth-order valence-electron chi connectivity index (χ4n) is 1.65. The first-order chi connectivity index (χ1) is 4.88. The first kappa shape index (κ1) is 7.44. The van der Waals surface area contributed by atoms with Crippen LogP contribution in [-0.4, -0.2) is 9.45 Å². The van der Waals surface area contributed by atoms with E-state index in [4.69, 9.17) is 12.2 Å². The summed E-state index contributed by atoms with van der Waals surface area (Å²) in [6, 6.07) is 0. The van der Waals surface area contributed by atoms with Crippen LogP contribution >= 0.6 is 33.8 Å². The van der Waals surface area contributed by atoms with Crippen molar-refractivity contribution < 1.29 is 0 Å². The van der Waals surface area contributed by atoms with Crippen LogP contribution in [0.1, 0.15) is 25.7 Å². The second kappa shape index (κ2) is 3.03. The molecule has 1 aliphatic heterocycles. The van der Waals surface area contributed by atoms with E-state index in [2.05, 4.69) is 0 Å². The second-order valence-corrected chi connectivity index (χ2v) is 6.11. The molecular formula is C7H10S3. The summed E-state index contributed by atoms with van der Waals surface area (Å²) in [7, 11) is 3.86. The topological polar surface area (TPSA) is 0 Å². The summed E-state index contributed by atoms with van der Waals surface area (Å²) < 4.78 is 1.27. The smallest absolute Gasteiger partial charge is 0.0629 e. The zero-order valence-corrected chi connectivity index (χ0v) is 8.16. The zero-order chi connectivity index (χ0) is 6.97.